The number of amides is 3. The van der Waals surface area contributed by atoms with E-state index in [1.807, 2.05) is 12.1 Å². The lowest BCUT2D eigenvalue weighted by molar-refractivity contribution is -0.133. The number of benzene rings is 3. The largest absolute Gasteiger partial charge is 0.493 e. The first-order chi connectivity index (χ1) is 22.0. The first kappa shape index (κ1) is 32.6. The second-order valence-electron chi connectivity index (χ2n) is 11.4. The SMILES string of the molecule is COC(=O)Nc1ccc(S(=O)(=O)C(C)C)c(C2CCCN2C(=O)C(Nc2ccc3c(c2)C(=O)NC3)c2ccc(OC)c(OC)c2)c1. The number of carbonyl (C=O) groups excluding carboxylic acids is 3. The van der Waals surface area contributed by atoms with Crippen molar-refractivity contribution >= 4 is 39.1 Å². The summed E-state index contributed by atoms with van der Waals surface area (Å²) in [6, 6.07) is 13.6. The minimum Gasteiger partial charge on any atom is -0.493 e. The molecular weight excluding hydrogens is 612 g/mol. The van der Waals surface area contributed by atoms with Crippen molar-refractivity contribution < 1.29 is 37.0 Å². The van der Waals surface area contributed by atoms with Gasteiger partial charge in [-0.2, -0.15) is 0 Å². The van der Waals surface area contributed by atoms with Crippen molar-refractivity contribution in [1.29, 1.82) is 0 Å². The van der Waals surface area contributed by atoms with Crippen LogP contribution in [0.4, 0.5) is 16.2 Å². The molecule has 0 spiro atoms. The van der Waals surface area contributed by atoms with Crippen molar-refractivity contribution in [2.24, 2.45) is 0 Å². The van der Waals surface area contributed by atoms with Crippen molar-refractivity contribution in [2.45, 2.75) is 55.5 Å². The van der Waals surface area contributed by atoms with Crippen LogP contribution >= 0.6 is 0 Å². The van der Waals surface area contributed by atoms with E-state index < -0.39 is 33.3 Å². The van der Waals surface area contributed by atoms with Gasteiger partial charge in [-0.15, -0.1) is 0 Å². The van der Waals surface area contributed by atoms with Gasteiger partial charge in [-0.3, -0.25) is 14.9 Å². The molecule has 2 unspecified atom stereocenters. The highest BCUT2D eigenvalue weighted by Gasteiger charge is 2.38. The summed E-state index contributed by atoms with van der Waals surface area (Å²) in [5.74, 6) is 0.424. The predicted molar refractivity (Wildman–Crippen MR) is 172 cm³/mol. The molecule has 3 aromatic rings. The fraction of sp³-hybridized carbons (Fsp3) is 0.364. The van der Waals surface area contributed by atoms with E-state index in [-0.39, 0.29) is 16.7 Å². The first-order valence-corrected chi connectivity index (χ1v) is 16.5. The number of nitrogens with one attached hydrogen (secondary N) is 3. The van der Waals surface area contributed by atoms with Crippen LogP contribution in [0.15, 0.2) is 59.5 Å². The molecule has 13 heteroatoms. The third-order valence-corrected chi connectivity index (χ3v) is 10.6. The number of rotatable bonds is 10. The Morgan fingerprint density at radius 2 is 1.70 bits per heavy atom. The molecule has 3 aromatic carbocycles. The van der Waals surface area contributed by atoms with E-state index in [1.165, 1.54) is 33.5 Å². The van der Waals surface area contributed by atoms with Crippen LogP contribution < -0.4 is 25.4 Å². The number of sulfone groups is 1. The molecule has 5 rings (SSSR count). The number of anilines is 2. The molecule has 2 aliphatic rings. The Morgan fingerprint density at radius 3 is 2.39 bits per heavy atom. The summed E-state index contributed by atoms with van der Waals surface area (Å²) in [4.78, 5) is 40.9. The van der Waals surface area contributed by atoms with Gasteiger partial charge in [-0.1, -0.05) is 12.1 Å². The van der Waals surface area contributed by atoms with Gasteiger partial charge < -0.3 is 29.7 Å². The van der Waals surface area contributed by atoms with Crippen molar-refractivity contribution in [1.82, 2.24) is 10.2 Å². The maximum Gasteiger partial charge on any atom is 0.411 e. The van der Waals surface area contributed by atoms with E-state index in [4.69, 9.17) is 14.2 Å². The zero-order chi connectivity index (χ0) is 33.2. The first-order valence-electron chi connectivity index (χ1n) is 14.9. The summed E-state index contributed by atoms with van der Waals surface area (Å²) < 4.78 is 42.8. The molecule has 2 heterocycles. The fourth-order valence-corrected chi connectivity index (χ4v) is 7.17. The summed E-state index contributed by atoms with van der Waals surface area (Å²) in [6.07, 6.45) is 0.431. The number of methoxy groups -OCH3 is 3. The summed E-state index contributed by atoms with van der Waals surface area (Å²) in [5.41, 5.74) is 3.29. The molecule has 0 aliphatic carbocycles. The zero-order valence-electron chi connectivity index (χ0n) is 26.4. The molecule has 0 bridgehead atoms. The Kier molecular flexibility index (Phi) is 9.42. The van der Waals surface area contributed by atoms with Gasteiger partial charge in [-0.05, 0) is 85.8 Å². The third kappa shape index (κ3) is 6.32. The van der Waals surface area contributed by atoms with Crippen molar-refractivity contribution in [3.63, 3.8) is 0 Å². The number of hydrogen-bond donors (Lipinski definition) is 3. The highest BCUT2D eigenvalue weighted by atomic mass is 32.2. The molecule has 0 aromatic heterocycles. The molecule has 2 aliphatic heterocycles. The van der Waals surface area contributed by atoms with Crippen LogP contribution in [0.5, 0.6) is 11.5 Å². The van der Waals surface area contributed by atoms with E-state index in [2.05, 4.69) is 16.0 Å². The highest BCUT2D eigenvalue weighted by Crippen LogP contribution is 2.41. The molecular formula is C33H38N4O8S. The molecule has 1 saturated heterocycles. The van der Waals surface area contributed by atoms with Gasteiger partial charge in [-0.25, -0.2) is 13.2 Å². The summed E-state index contributed by atoms with van der Waals surface area (Å²) in [6.45, 7) is 4.02. The quantitative estimate of drug-likeness (QED) is 0.280. The van der Waals surface area contributed by atoms with Crippen LogP contribution in [-0.4, -0.2) is 64.3 Å². The van der Waals surface area contributed by atoms with Gasteiger partial charge >= 0.3 is 6.09 Å². The van der Waals surface area contributed by atoms with E-state index in [9.17, 15) is 22.8 Å². The Bertz CT molecular complexity index is 1780. The second-order valence-corrected chi connectivity index (χ2v) is 13.9. The molecule has 0 radical (unpaired) electrons. The molecule has 3 amide bonds. The fourth-order valence-electron chi connectivity index (χ4n) is 5.88. The number of ether oxygens (including phenoxy) is 3. The van der Waals surface area contributed by atoms with Crippen molar-refractivity contribution in [2.75, 3.05) is 38.5 Å². The molecule has 2 atom stereocenters. The van der Waals surface area contributed by atoms with Gasteiger partial charge in [0.15, 0.2) is 21.3 Å². The Hall–Kier alpha value is -4.78. The molecule has 3 N–H and O–H groups in total. The number of fused-ring (bicyclic) bond motifs is 1. The second kappa shape index (κ2) is 13.3. The van der Waals surface area contributed by atoms with E-state index in [0.29, 0.717) is 65.5 Å². The Balaban J connectivity index is 1.59. The average Bonchev–Trinajstić information content (AvgIpc) is 3.69. The van der Waals surface area contributed by atoms with Gasteiger partial charge in [0, 0.05) is 30.0 Å². The maximum atomic E-state index is 14.7. The Morgan fingerprint density at radius 1 is 0.957 bits per heavy atom. The van der Waals surface area contributed by atoms with E-state index in [1.54, 1.807) is 49.1 Å². The maximum absolute atomic E-state index is 14.7. The summed E-state index contributed by atoms with van der Waals surface area (Å²) in [5, 5.41) is 8.03. The monoisotopic (exact) mass is 650 g/mol. The molecule has 0 saturated carbocycles. The molecule has 12 nitrogen and oxygen atoms in total. The molecule has 46 heavy (non-hydrogen) atoms. The summed E-state index contributed by atoms with van der Waals surface area (Å²) in [7, 11) is 0.507. The predicted octanol–water partition coefficient (Wildman–Crippen LogP) is 4.82. The van der Waals surface area contributed by atoms with Gasteiger partial charge in [0.05, 0.1) is 37.5 Å². The normalized spacial score (nSPS) is 16.4. The number of carbonyl (C=O) groups is 3. The summed E-state index contributed by atoms with van der Waals surface area (Å²) >= 11 is 0. The van der Waals surface area contributed by atoms with Gasteiger partial charge in [0.1, 0.15) is 6.04 Å². The average molecular weight is 651 g/mol. The Labute approximate surface area is 268 Å². The number of hydrogen-bond acceptors (Lipinski definition) is 9. The van der Waals surface area contributed by atoms with Crippen LogP contribution in [0, 0.1) is 0 Å². The smallest absolute Gasteiger partial charge is 0.411 e. The number of likely N-dealkylation sites (tertiary alicyclic amines) is 1. The lowest BCUT2D eigenvalue weighted by Crippen LogP contribution is -2.38. The molecule has 1 fully saturated rings. The minimum absolute atomic E-state index is 0.0999. The van der Waals surface area contributed by atoms with Gasteiger partial charge in [0.2, 0.25) is 5.91 Å². The third-order valence-electron chi connectivity index (χ3n) is 8.36. The minimum atomic E-state index is -3.76. The van der Waals surface area contributed by atoms with Crippen molar-refractivity contribution in [3.8, 4) is 11.5 Å². The van der Waals surface area contributed by atoms with Crippen LogP contribution in [-0.2, 0) is 25.9 Å². The van der Waals surface area contributed by atoms with Crippen molar-refractivity contribution in [3.05, 3.63) is 76.9 Å². The van der Waals surface area contributed by atoms with Gasteiger partial charge in [0.25, 0.3) is 5.91 Å². The highest BCUT2D eigenvalue weighted by molar-refractivity contribution is 7.92. The van der Waals surface area contributed by atoms with E-state index >= 15 is 0 Å². The topological polar surface area (TPSA) is 152 Å². The standard InChI is InChI=1S/C33H38N4O8S/c1-19(2)46(41,42)29-13-11-23(36-33(40)45-5)17-25(29)26-7-6-14-37(26)32(39)30(20-9-12-27(43-3)28(15-20)44-4)35-22-10-8-21-18-34-31(38)24(21)16-22/h8-13,15-17,19,26,30,35H,6-7,14,18H2,1-5H3,(H,34,38)(H,36,40). The van der Waals surface area contributed by atoms with E-state index in [0.717, 1.165) is 5.56 Å². The van der Waals surface area contributed by atoms with Crippen LogP contribution in [0.3, 0.4) is 0 Å². The van der Waals surface area contributed by atoms with Crippen LogP contribution in [0.2, 0.25) is 0 Å². The molecule has 244 valence electrons. The lowest BCUT2D eigenvalue weighted by atomic mass is 10.00. The number of nitrogens with zero attached hydrogens (tertiary/aromatic N) is 1. The lowest BCUT2D eigenvalue weighted by Gasteiger charge is -2.32. The zero-order valence-corrected chi connectivity index (χ0v) is 27.2. The van der Waals surface area contributed by atoms with Crippen LogP contribution in [0.1, 0.15) is 65.8 Å². The van der Waals surface area contributed by atoms with Crippen LogP contribution in [0.25, 0.3) is 0 Å².